The van der Waals surface area contributed by atoms with Gasteiger partial charge in [0, 0.05) is 18.2 Å². The molecular formula is C14H20N3O8P. The monoisotopic (exact) mass is 389 g/mol. The predicted octanol–water partition coefficient (Wildman–Crippen LogP) is -0.255. The van der Waals surface area contributed by atoms with Gasteiger partial charge in [-0.15, -0.1) is 0 Å². The van der Waals surface area contributed by atoms with E-state index in [1.54, 1.807) is 6.92 Å². The number of nitrogens with zero attached hydrogens (tertiary/aromatic N) is 1. The van der Waals surface area contributed by atoms with Crippen LogP contribution in [0.15, 0.2) is 21.9 Å². The van der Waals surface area contributed by atoms with Crippen LogP contribution >= 0.6 is 7.75 Å². The summed E-state index contributed by atoms with van der Waals surface area (Å²) in [6.07, 6.45) is -0.568. The van der Waals surface area contributed by atoms with Crippen molar-refractivity contribution in [3.63, 3.8) is 0 Å². The molecule has 0 aromatic carbocycles. The van der Waals surface area contributed by atoms with E-state index in [0.29, 0.717) is 0 Å². The van der Waals surface area contributed by atoms with Crippen molar-refractivity contribution in [3.05, 3.63) is 33.1 Å². The Kier molecular flexibility index (Phi) is 5.18. The molecule has 0 spiro atoms. The summed E-state index contributed by atoms with van der Waals surface area (Å²) in [7, 11) is -2.54. The second-order valence-electron chi connectivity index (χ2n) is 6.18. The van der Waals surface area contributed by atoms with Crippen LogP contribution in [0.2, 0.25) is 0 Å². The Labute approximate surface area is 148 Å². The molecule has 2 fully saturated rings. The third-order valence-corrected chi connectivity index (χ3v) is 6.06. The fraction of sp³-hybridized carbons (Fsp3) is 0.643. The van der Waals surface area contributed by atoms with E-state index in [4.69, 9.17) is 13.8 Å². The minimum absolute atomic E-state index is 0.0399. The Hall–Kier alpha value is -1.78. The fourth-order valence-electron chi connectivity index (χ4n) is 3.02. The normalized spacial score (nSPS) is 34.9. The van der Waals surface area contributed by atoms with Gasteiger partial charge < -0.3 is 9.47 Å². The third-order valence-electron chi connectivity index (χ3n) is 4.35. The summed E-state index contributed by atoms with van der Waals surface area (Å²) in [5.74, 6) is -0.973. The second kappa shape index (κ2) is 7.09. The number of rotatable bonds is 4. The van der Waals surface area contributed by atoms with Crippen molar-refractivity contribution < 1.29 is 27.9 Å². The molecule has 12 heteroatoms. The molecule has 0 bridgehead atoms. The molecule has 2 aliphatic rings. The van der Waals surface area contributed by atoms with Gasteiger partial charge in [0.15, 0.2) is 0 Å². The Bertz CT molecular complexity index is 851. The summed E-state index contributed by atoms with van der Waals surface area (Å²) in [6, 6.07) is 0.319. The molecule has 0 radical (unpaired) electrons. The summed E-state index contributed by atoms with van der Waals surface area (Å²) >= 11 is 0. The van der Waals surface area contributed by atoms with Gasteiger partial charge in [-0.3, -0.25) is 28.2 Å². The van der Waals surface area contributed by atoms with Crippen molar-refractivity contribution in [1.82, 2.24) is 14.6 Å². The van der Waals surface area contributed by atoms with Crippen LogP contribution in [0.3, 0.4) is 0 Å². The molecule has 26 heavy (non-hydrogen) atoms. The number of fused-ring (bicyclic) bond motifs is 1. The number of hydrogen-bond acceptors (Lipinski definition) is 8. The Morgan fingerprint density at radius 1 is 1.50 bits per heavy atom. The Balaban J connectivity index is 1.77. The zero-order chi connectivity index (χ0) is 19.1. The van der Waals surface area contributed by atoms with Crippen molar-refractivity contribution in [2.75, 3.05) is 13.7 Å². The molecule has 0 amide bonds. The van der Waals surface area contributed by atoms with Gasteiger partial charge >= 0.3 is 19.4 Å². The lowest BCUT2D eigenvalue weighted by Gasteiger charge is -2.33. The second-order valence-corrected chi connectivity index (χ2v) is 7.90. The van der Waals surface area contributed by atoms with Crippen LogP contribution in [0.25, 0.3) is 0 Å². The zero-order valence-corrected chi connectivity index (χ0v) is 15.3. The Morgan fingerprint density at radius 3 is 2.88 bits per heavy atom. The van der Waals surface area contributed by atoms with Gasteiger partial charge in [0.05, 0.1) is 13.7 Å². The van der Waals surface area contributed by atoms with Gasteiger partial charge in [-0.25, -0.2) is 14.4 Å². The molecule has 3 rings (SSSR count). The van der Waals surface area contributed by atoms with Crippen LogP contribution in [-0.2, 0) is 27.9 Å². The number of hydrogen-bond donors (Lipinski definition) is 2. The number of esters is 1. The van der Waals surface area contributed by atoms with Crippen molar-refractivity contribution in [2.45, 2.75) is 38.3 Å². The van der Waals surface area contributed by atoms with E-state index in [1.165, 1.54) is 30.9 Å². The fourth-order valence-corrected chi connectivity index (χ4v) is 4.79. The third kappa shape index (κ3) is 3.53. The number of aromatic amines is 1. The van der Waals surface area contributed by atoms with Gasteiger partial charge in [0.25, 0.3) is 5.56 Å². The average Bonchev–Trinajstić information content (AvgIpc) is 2.90. The van der Waals surface area contributed by atoms with Crippen molar-refractivity contribution in [3.8, 4) is 0 Å². The first kappa shape index (κ1) is 19.0. The molecule has 2 N–H and O–H groups in total. The molecule has 0 aliphatic carbocycles. The summed E-state index contributed by atoms with van der Waals surface area (Å²) in [5, 5.41) is 2.52. The van der Waals surface area contributed by atoms with Crippen LogP contribution in [0, 0.1) is 5.92 Å². The van der Waals surface area contributed by atoms with E-state index in [0.717, 1.165) is 0 Å². The van der Waals surface area contributed by atoms with E-state index < -0.39 is 49.4 Å². The summed E-state index contributed by atoms with van der Waals surface area (Å²) < 4.78 is 35.3. The van der Waals surface area contributed by atoms with Gasteiger partial charge in [-0.2, -0.15) is 0 Å². The maximum Gasteiger partial charge on any atom is 0.406 e. The number of nitrogens with one attached hydrogen (secondary N) is 2. The van der Waals surface area contributed by atoms with Crippen LogP contribution in [-0.4, -0.2) is 47.5 Å². The maximum atomic E-state index is 12.8. The molecule has 6 unspecified atom stereocenters. The number of carbonyl (C=O) groups excluding carboxylic acids is 1. The molecular weight excluding hydrogens is 369 g/mol. The lowest BCUT2D eigenvalue weighted by atomic mass is 10.0. The largest absolute Gasteiger partial charge is 0.468 e. The maximum absolute atomic E-state index is 12.8. The van der Waals surface area contributed by atoms with E-state index in [1.807, 2.05) is 0 Å². The minimum atomic E-state index is -3.76. The SMILES string of the molecule is COC(=O)C(C)NP1(=O)OCC2OC(n3ccc(=O)[nH]c3=O)C(C)C2O1. The standard InChI is InChI=1S/C14H20N3O8P/c1-7-11-9(24-12(7)17-5-4-10(18)15-14(17)20)6-23-26(21,25-11)16-8(2)13(19)22-3/h4-5,7-9,11-12H,6H2,1-3H3,(H,16,21)(H,15,18,20). The van der Waals surface area contributed by atoms with Crippen LogP contribution in [0.1, 0.15) is 20.1 Å². The van der Waals surface area contributed by atoms with E-state index >= 15 is 0 Å². The Morgan fingerprint density at radius 2 is 2.23 bits per heavy atom. The highest BCUT2D eigenvalue weighted by atomic mass is 31.2. The quantitative estimate of drug-likeness (QED) is 0.527. The van der Waals surface area contributed by atoms with Gasteiger partial charge in [-0.1, -0.05) is 6.92 Å². The number of carbonyl (C=O) groups is 1. The molecule has 1 aromatic rings. The van der Waals surface area contributed by atoms with Crippen LogP contribution in [0.4, 0.5) is 0 Å². The van der Waals surface area contributed by atoms with Crippen molar-refractivity contribution >= 4 is 13.7 Å². The minimum Gasteiger partial charge on any atom is -0.468 e. The zero-order valence-electron chi connectivity index (χ0n) is 14.4. The molecule has 144 valence electrons. The van der Waals surface area contributed by atoms with Crippen molar-refractivity contribution in [1.29, 1.82) is 0 Å². The molecule has 0 saturated carbocycles. The first-order valence-electron chi connectivity index (χ1n) is 7.99. The number of methoxy groups -OCH3 is 1. The molecule has 2 aliphatic heterocycles. The smallest absolute Gasteiger partial charge is 0.406 e. The highest BCUT2D eigenvalue weighted by Gasteiger charge is 2.52. The number of H-pyrrole nitrogens is 1. The predicted molar refractivity (Wildman–Crippen MR) is 87.4 cm³/mol. The molecule has 11 nitrogen and oxygen atoms in total. The van der Waals surface area contributed by atoms with E-state index in [2.05, 4.69) is 14.8 Å². The van der Waals surface area contributed by atoms with Crippen LogP contribution in [0.5, 0.6) is 0 Å². The highest BCUT2D eigenvalue weighted by molar-refractivity contribution is 7.51. The van der Waals surface area contributed by atoms with Gasteiger partial charge in [0.1, 0.15) is 24.5 Å². The lowest BCUT2D eigenvalue weighted by Crippen LogP contribution is -2.42. The lowest BCUT2D eigenvalue weighted by molar-refractivity contribution is -0.142. The van der Waals surface area contributed by atoms with Crippen LogP contribution < -0.4 is 16.3 Å². The first-order chi connectivity index (χ1) is 12.2. The summed E-state index contributed by atoms with van der Waals surface area (Å²) in [5.41, 5.74) is -1.13. The summed E-state index contributed by atoms with van der Waals surface area (Å²) in [4.78, 5) is 36.9. The highest BCUT2D eigenvalue weighted by Crippen LogP contribution is 2.54. The first-order valence-corrected chi connectivity index (χ1v) is 9.54. The van der Waals surface area contributed by atoms with Gasteiger partial charge in [-0.05, 0) is 6.92 Å². The molecule has 6 atom stereocenters. The molecule has 3 heterocycles. The van der Waals surface area contributed by atoms with E-state index in [9.17, 15) is 18.9 Å². The molecule has 1 aromatic heterocycles. The number of ether oxygens (including phenoxy) is 2. The number of aromatic nitrogens is 2. The van der Waals surface area contributed by atoms with Gasteiger partial charge in [0.2, 0.25) is 0 Å². The topological polar surface area (TPSA) is 138 Å². The molecule has 2 saturated heterocycles. The average molecular weight is 389 g/mol. The van der Waals surface area contributed by atoms with E-state index in [-0.39, 0.29) is 12.5 Å². The van der Waals surface area contributed by atoms with Crippen molar-refractivity contribution in [2.24, 2.45) is 5.92 Å². The summed E-state index contributed by atoms with van der Waals surface area (Å²) in [6.45, 7) is 3.20.